The number of rotatable bonds is 4. The summed E-state index contributed by atoms with van der Waals surface area (Å²) in [5.74, 6) is 1.70. The summed E-state index contributed by atoms with van der Waals surface area (Å²) in [6.45, 7) is 5.39. The normalized spacial score (nSPS) is 33.3. The Morgan fingerprint density at radius 1 is 1.45 bits per heavy atom. The van der Waals surface area contributed by atoms with Crippen molar-refractivity contribution in [2.24, 2.45) is 24.3 Å². The molecule has 0 aromatic carbocycles. The maximum absolute atomic E-state index is 10.3. The standard InChI is InChI=1S/C16H27N3O/c1-16(2)13-7-5-4-6-12(13)15(16)17-9-14(20)11-8-18-19(3)10-11/h8,10,12-15,17,20H,4-7,9H2,1-3H3/t12-,13+,14?,15?/m1/s1. The summed E-state index contributed by atoms with van der Waals surface area (Å²) in [6, 6.07) is 0.555. The Kier molecular flexibility index (Phi) is 3.63. The summed E-state index contributed by atoms with van der Waals surface area (Å²) in [4.78, 5) is 0. The van der Waals surface area contributed by atoms with Gasteiger partial charge in [-0.1, -0.05) is 26.7 Å². The van der Waals surface area contributed by atoms with Crippen molar-refractivity contribution in [3.05, 3.63) is 18.0 Å². The maximum atomic E-state index is 10.3. The molecule has 1 aromatic rings. The van der Waals surface area contributed by atoms with Crippen LogP contribution in [0.4, 0.5) is 0 Å². The quantitative estimate of drug-likeness (QED) is 0.887. The lowest BCUT2D eigenvalue weighted by atomic mass is 9.48. The van der Waals surface area contributed by atoms with Crippen molar-refractivity contribution in [2.75, 3.05) is 6.54 Å². The third-order valence-electron chi connectivity index (χ3n) is 5.65. The first-order chi connectivity index (χ1) is 9.50. The van der Waals surface area contributed by atoms with Gasteiger partial charge in [0.05, 0.1) is 12.3 Å². The van der Waals surface area contributed by atoms with E-state index < -0.39 is 6.10 Å². The summed E-state index contributed by atoms with van der Waals surface area (Å²) in [7, 11) is 1.88. The van der Waals surface area contributed by atoms with Gasteiger partial charge in [0, 0.05) is 31.4 Å². The number of nitrogens with one attached hydrogen (secondary N) is 1. The third-order valence-corrected chi connectivity index (χ3v) is 5.65. The Hall–Kier alpha value is -0.870. The van der Waals surface area contributed by atoms with E-state index in [2.05, 4.69) is 24.3 Å². The van der Waals surface area contributed by atoms with Crippen LogP contribution in [0.2, 0.25) is 0 Å². The van der Waals surface area contributed by atoms with E-state index in [1.807, 2.05) is 13.2 Å². The van der Waals surface area contributed by atoms with Gasteiger partial charge in [-0.15, -0.1) is 0 Å². The molecule has 2 saturated carbocycles. The Labute approximate surface area is 121 Å². The average molecular weight is 277 g/mol. The summed E-state index contributed by atoms with van der Waals surface area (Å²) in [5.41, 5.74) is 1.28. The zero-order valence-corrected chi connectivity index (χ0v) is 12.8. The van der Waals surface area contributed by atoms with Crippen LogP contribution in [0.5, 0.6) is 0 Å². The molecule has 1 heterocycles. The molecule has 0 bridgehead atoms. The van der Waals surface area contributed by atoms with E-state index in [-0.39, 0.29) is 0 Å². The number of aryl methyl sites for hydroxylation is 1. The van der Waals surface area contributed by atoms with Gasteiger partial charge in [-0.05, 0) is 30.1 Å². The fourth-order valence-electron chi connectivity index (χ4n) is 4.53. The second kappa shape index (κ2) is 5.15. The molecule has 4 nitrogen and oxygen atoms in total. The predicted molar refractivity (Wildman–Crippen MR) is 79.2 cm³/mol. The lowest BCUT2D eigenvalue weighted by Crippen LogP contribution is -2.65. The lowest BCUT2D eigenvalue weighted by Gasteiger charge is -2.61. The van der Waals surface area contributed by atoms with Crippen molar-refractivity contribution in [2.45, 2.75) is 51.7 Å². The molecule has 0 aliphatic heterocycles. The molecule has 2 unspecified atom stereocenters. The van der Waals surface area contributed by atoms with Crippen LogP contribution in [0.25, 0.3) is 0 Å². The molecule has 3 rings (SSSR count). The van der Waals surface area contributed by atoms with Crippen molar-refractivity contribution in [1.82, 2.24) is 15.1 Å². The van der Waals surface area contributed by atoms with E-state index in [9.17, 15) is 5.11 Å². The van der Waals surface area contributed by atoms with Gasteiger partial charge in [0.1, 0.15) is 0 Å². The maximum Gasteiger partial charge on any atom is 0.0944 e. The van der Waals surface area contributed by atoms with E-state index in [0.29, 0.717) is 18.0 Å². The molecule has 0 saturated heterocycles. The van der Waals surface area contributed by atoms with Crippen molar-refractivity contribution in [3.8, 4) is 0 Å². The minimum atomic E-state index is -0.456. The third kappa shape index (κ3) is 2.29. The molecule has 2 N–H and O–H groups in total. The van der Waals surface area contributed by atoms with Crippen LogP contribution in [-0.4, -0.2) is 27.5 Å². The van der Waals surface area contributed by atoms with Crippen molar-refractivity contribution < 1.29 is 5.11 Å². The molecule has 20 heavy (non-hydrogen) atoms. The lowest BCUT2D eigenvalue weighted by molar-refractivity contribution is -0.0903. The van der Waals surface area contributed by atoms with Gasteiger partial charge in [-0.25, -0.2) is 0 Å². The second-order valence-electron chi connectivity index (χ2n) is 7.23. The highest BCUT2D eigenvalue weighted by molar-refractivity contribution is 5.11. The van der Waals surface area contributed by atoms with Crippen molar-refractivity contribution in [1.29, 1.82) is 0 Å². The average Bonchev–Trinajstić information content (AvgIpc) is 2.85. The number of nitrogens with zero attached hydrogens (tertiary/aromatic N) is 2. The zero-order valence-electron chi connectivity index (χ0n) is 12.8. The van der Waals surface area contributed by atoms with Gasteiger partial charge < -0.3 is 10.4 Å². The molecule has 2 aliphatic rings. The van der Waals surface area contributed by atoms with Gasteiger partial charge >= 0.3 is 0 Å². The molecular formula is C16H27N3O. The Morgan fingerprint density at radius 2 is 2.20 bits per heavy atom. The first kappa shape index (κ1) is 14.1. The predicted octanol–water partition coefficient (Wildman–Crippen LogP) is 2.26. The molecule has 2 aliphatic carbocycles. The van der Waals surface area contributed by atoms with Gasteiger partial charge in [-0.2, -0.15) is 5.10 Å². The van der Waals surface area contributed by atoms with Gasteiger partial charge in [0.2, 0.25) is 0 Å². The number of fused-ring (bicyclic) bond motifs is 1. The summed E-state index contributed by atoms with van der Waals surface area (Å²) in [6.07, 6.45) is 8.71. The Bertz CT molecular complexity index is 468. The molecule has 4 atom stereocenters. The number of aromatic nitrogens is 2. The van der Waals surface area contributed by atoms with Crippen molar-refractivity contribution >= 4 is 0 Å². The highest BCUT2D eigenvalue weighted by atomic mass is 16.3. The van der Waals surface area contributed by atoms with Crippen LogP contribution in [0.3, 0.4) is 0 Å². The monoisotopic (exact) mass is 277 g/mol. The Balaban J connectivity index is 1.58. The number of aliphatic hydroxyl groups excluding tert-OH is 1. The topological polar surface area (TPSA) is 50.1 Å². The van der Waals surface area contributed by atoms with Crippen LogP contribution in [0, 0.1) is 17.3 Å². The fraction of sp³-hybridized carbons (Fsp3) is 0.812. The SMILES string of the molecule is Cn1cc(C(O)CNC2[C@@H]3CCCC[C@@H]3C2(C)C)cn1. The van der Waals surface area contributed by atoms with Gasteiger partial charge in [0.25, 0.3) is 0 Å². The molecule has 1 aromatic heterocycles. The first-order valence-corrected chi connectivity index (χ1v) is 7.90. The van der Waals surface area contributed by atoms with E-state index >= 15 is 0 Å². The molecule has 2 fully saturated rings. The number of hydrogen-bond acceptors (Lipinski definition) is 3. The minimum Gasteiger partial charge on any atom is -0.387 e. The molecule has 0 radical (unpaired) electrons. The molecular weight excluding hydrogens is 250 g/mol. The van der Waals surface area contributed by atoms with Crippen LogP contribution >= 0.6 is 0 Å². The first-order valence-electron chi connectivity index (χ1n) is 7.90. The fourth-order valence-corrected chi connectivity index (χ4v) is 4.53. The summed E-state index contributed by atoms with van der Waals surface area (Å²) >= 11 is 0. The highest BCUT2D eigenvalue weighted by Gasteiger charge is 2.55. The van der Waals surface area contributed by atoms with Crippen LogP contribution in [0.1, 0.15) is 51.2 Å². The van der Waals surface area contributed by atoms with Crippen LogP contribution in [-0.2, 0) is 7.05 Å². The smallest absolute Gasteiger partial charge is 0.0944 e. The molecule has 112 valence electrons. The van der Waals surface area contributed by atoms with Gasteiger partial charge in [0.15, 0.2) is 0 Å². The summed E-state index contributed by atoms with van der Waals surface area (Å²) in [5, 5.41) is 18.0. The van der Waals surface area contributed by atoms with Crippen LogP contribution in [0.15, 0.2) is 12.4 Å². The zero-order chi connectivity index (χ0) is 14.3. The van der Waals surface area contributed by atoms with E-state index in [1.54, 1.807) is 10.9 Å². The molecule has 0 amide bonds. The van der Waals surface area contributed by atoms with E-state index in [4.69, 9.17) is 0 Å². The minimum absolute atomic E-state index is 0.375. The van der Waals surface area contributed by atoms with E-state index in [0.717, 1.165) is 17.4 Å². The van der Waals surface area contributed by atoms with Crippen LogP contribution < -0.4 is 5.32 Å². The molecule has 4 heteroatoms. The van der Waals surface area contributed by atoms with E-state index in [1.165, 1.54) is 25.7 Å². The Morgan fingerprint density at radius 3 is 2.90 bits per heavy atom. The number of hydrogen-bond donors (Lipinski definition) is 2. The summed E-state index contributed by atoms with van der Waals surface area (Å²) < 4.78 is 1.74. The van der Waals surface area contributed by atoms with Crippen molar-refractivity contribution in [3.63, 3.8) is 0 Å². The van der Waals surface area contributed by atoms with Gasteiger partial charge in [-0.3, -0.25) is 4.68 Å². The second-order valence-corrected chi connectivity index (χ2v) is 7.23. The molecule has 0 spiro atoms. The highest BCUT2D eigenvalue weighted by Crippen LogP contribution is 2.57. The largest absolute Gasteiger partial charge is 0.387 e. The number of aliphatic hydroxyl groups is 1.